The van der Waals surface area contributed by atoms with Crippen LogP contribution in [-0.2, 0) is 35.0 Å². The van der Waals surface area contributed by atoms with Crippen LogP contribution < -0.4 is 0 Å². The Morgan fingerprint density at radius 2 is 0.806 bits per heavy atom. The maximum Gasteiger partial charge on any atom is 0.416 e. The second-order valence-electron chi connectivity index (χ2n) is 9.02. The van der Waals surface area contributed by atoms with Gasteiger partial charge in [-0.15, -0.1) is 0 Å². The average Bonchev–Trinajstić information content (AvgIpc) is 2.82. The van der Waals surface area contributed by atoms with Gasteiger partial charge in [0.2, 0.25) is 0 Å². The van der Waals surface area contributed by atoms with Crippen LogP contribution in [0, 0.1) is 0 Å². The molecule has 0 saturated carbocycles. The molecule has 0 radical (unpaired) electrons. The van der Waals surface area contributed by atoms with Crippen LogP contribution in [0.1, 0.15) is 47.9 Å². The molecule has 4 nitrogen and oxygen atoms in total. The van der Waals surface area contributed by atoms with Gasteiger partial charge in [0.1, 0.15) is 11.6 Å². The molecule has 2 saturated heterocycles. The van der Waals surface area contributed by atoms with Gasteiger partial charge in [-0.1, -0.05) is 24.3 Å². The summed E-state index contributed by atoms with van der Waals surface area (Å²) in [6, 6.07) is 10.4. The van der Waals surface area contributed by atoms with Crippen molar-refractivity contribution in [2.45, 2.75) is 51.1 Å². The number of hydrogen-bond donors (Lipinski definition) is 0. The summed E-state index contributed by atoms with van der Waals surface area (Å²) >= 11 is 0. The molecule has 0 atom stereocenters. The number of likely N-dealkylation sites (tertiary alicyclic amines) is 2. The largest absolute Gasteiger partial charge is 0.416 e. The monoisotopic (exact) mass is 514 g/mol. The molecule has 2 aromatic rings. The van der Waals surface area contributed by atoms with Gasteiger partial charge in [-0.2, -0.15) is 26.3 Å². The Morgan fingerprint density at radius 1 is 0.528 bits per heavy atom. The van der Waals surface area contributed by atoms with Crippen molar-refractivity contribution < 1.29 is 35.9 Å². The van der Waals surface area contributed by atoms with Gasteiger partial charge in [0, 0.05) is 65.0 Å². The number of ketones is 2. The summed E-state index contributed by atoms with van der Waals surface area (Å²) in [5.74, 6) is 0.525. The number of Topliss-reactive ketones (excluding diaryl/α,β-unsaturated/α-hetero) is 2. The third-order valence-corrected chi connectivity index (χ3v) is 6.20. The molecule has 0 N–H and O–H groups in total. The van der Waals surface area contributed by atoms with Crippen molar-refractivity contribution >= 4 is 11.6 Å². The highest BCUT2D eigenvalue weighted by Gasteiger charge is 2.31. The third-order valence-electron chi connectivity index (χ3n) is 6.20. The Labute approximate surface area is 205 Å². The van der Waals surface area contributed by atoms with Crippen LogP contribution in [-0.4, -0.2) is 47.5 Å². The first-order chi connectivity index (χ1) is 16.9. The average molecular weight is 515 g/mol. The summed E-state index contributed by atoms with van der Waals surface area (Å²) in [5.41, 5.74) is 0.440. The predicted molar refractivity (Wildman–Crippen MR) is 122 cm³/mol. The molecule has 2 aromatic carbocycles. The lowest BCUT2D eigenvalue weighted by Crippen LogP contribution is -2.33. The van der Waals surface area contributed by atoms with Crippen LogP contribution in [0.3, 0.4) is 0 Å². The summed E-state index contributed by atoms with van der Waals surface area (Å²) in [7, 11) is 0. The van der Waals surface area contributed by atoms with E-state index in [1.807, 2.05) is 0 Å². The molecule has 2 aliphatic heterocycles. The molecule has 196 valence electrons. The minimum atomic E-state index is -4.28. The summed E-state index contributed by atoms with van der Waals surface area (Å²) in [6.07, 6.45) is -6.39. The highest BCUT2D eigenvalue weighted by Crippen LogP contribution is 2.30. The van der Waals surface area contributed by atoms with Crippen LogP contribution in [0.4, 0.5) is 26.3 Å². The van der Waals surface area contributed by atoms with Crippen LogP contribution in [0.5, 0.6) is 0 Å². The zero-order valence-electron chi connectivity index (χ0n) is 19.7. The first kappa shape index (κ1) is 27.9. The molecular formula is C26H28F6N2O2. The Morgan fingerprint density at radius 3 is 1.06 bits per heavy atom. The van der Waals surface area contributed by atoms with Crippen molar-refractivity contribution in [1.82, 2.24) is 9.80 Å². The highest BCUT2D eigenvalue weighted by atomic mass is 19.4. The molecule has 2 fully saturated rings. The Kier molecular flexibility index (Phi) is 9.30. The number of rotatable bonds is 4. The number of carbonyl (C=O) groups excluding carboxylic acids is 2. The predicted octanol–water partition coefficient (Wildman–Crippen LogP) is 5.74. The van der Waals surface area contributed by atoms with E-state index in [-0.39, 0.29) is 11.6 Å². The quantitative estimate of drug-likeness (QED) is 0.488. The van der Waals surface area contributed by atoms with Crippen LogP contribution in [0.25, 0.3) is 0 Å². The Balaban J connectivity index is 0.000000201. The second kappa shape index (κ2) is 12.0. The Hall–Kier alpha value is -2.72. The molecule has 0 unspecified atom stereocenters. The van der Waals surface area contributed by atoms with Crippen LogP contribution in [0.2, 0.25) is 0 Å². The fourth-order valence-electron chi connectivity index (χ4n) is 4.04. The number of halogens is 6. The number of alkyl halides is 6. The Bertz CT molecular complexity index is 913. The van der Waals surface area contributed by atoms with Crippen LogP contribution >= 0.6 is 0 Å². The van der Waals surface area contributed by atoms with Crippen molar-refractivity contribution in [3.63, 3.8) is 0 Å². The second-order valence-corrected chi connectivity index (χ2v) is 9.02. The summed E-state index contributed by atoms with van der Waals surface area (Å²) in [4.78, 5) is 26.3. The smallest absolute Gasteiger partial charge is 0.300 e. The maximum absolute atomic E-state index is 12.4. The van der Waals surface area contributed by atoms with Gasteiger partial charge >= 0.3 is 12.4 Å². The molecule has 36 heavy (non-hydrogen) atoms. The lowest BCUT2D eigenvalue weighted by atomic mass is 10.1. The molecule has 4 rings (SSSR count). The minimum Gasteiger partial charge on any atom is -0.300 e. The number of benzene rings is 2. The zero-order chi connectivity index (χ0) is 26.3. The van der Waals surface area contributed by atoms with E-state index >= 15 is 0 Å². The van der Waals surface area contributed by atoms with Gasteiger partial charge in [0.05, 0.1) is 11.1 Å². The number of piperidine rings is 2. The van der Waals surface area contributed by atoms with E-state index in [9.17, 15) is 35.9 Å². The third kappa shape index (κ3) is 8.74. The fraction of sp³-hybridized carbons (Fsp3) is 0.462. The van der Waals surface area contributed by atoms with Crippen molar-refractivity contribution in [2.75, 3.05) is 26.2 Å². The van der Waals surface area contributed by atoms with Gasteiger partial charge in [0.15, 0.2) is 0 Å². The van der Waals surface area contributed by atoms with Crippen molar-refractivity contribution in [3.05, 3.63) is 70.8 Å². The fourth-order valence-corrected chi connectivity index (χ4v) is 4.04. The standard InChI is InChI=1S/2C13H14F3NO/c2*14-13(15,16)11-3-1-10(2-4-11)9-17-7-5-12(18)6-8-17/h2*1-4H,5-9H2. The van der Waals surface area contributed by atoms with Crippen molar-refractivity contribution in [1.29, 1.82) is 0 Å². The molecule has 0 aromatic heterocycles. The molecule has 0 spiro atoms. The van der Waals surface area contributed by atoms with E-state index in [1.54, 1.807) is 0 Å². The maximum atomic E-state index is 12.4. The number of carbonyl (C=O) groups is 2. The van der Waals surface area contributed by atoms with E-state index in [4.69, 9.17) is 0 Å². The molecule has 2 heterocycles. The highest BCUT2D eigenvalue weighted by molar-refractivity contribution is 5.79. The van der Waals surface area contributed by atoms with Gasteiger partial charge in [-0.3, -0.25) is 19.4 Å². The van der Waals surface area contributed by atoms with Crippen molar-refractivity contribution in [2.24, 2.45) is 0 Å². The van der Waals surface area contributed by atoms with Crippen molar-refractivity contribution in [3.8, 4) is 0 Å². The van der Waals surface area contributed by atoms with Gasteiger partial charge in [-0.25, -0.2) is 0 Å². The summed E-state index contributed by atoms with van der Waals surface area (Å²) < 4.78 is 74.2. The lowest BCUT2D eigenvalue weighted by molar-refractivity contribution is -0.138. The minimum absolute atomic E-state index is 0.263. The van der Waals surface area contributed by atoms with E-state index in [1.165, 1.54) is 24.3 Å². The van der Waals surface area contributed by atoms with E-state index in [0.717, 1.165) is 35.4 Å². The molecular weight excluding hydrogens is 486 g/mol. The zero-order valence-corrected chi connectivity index (χ0v) is 19.7. The lowest BCUT2D eigenvalue weighted by Gasteiger charge is -2.25. The molecule has 0 amide bonds. The van der Waals surface area contributed by atoms with Gasteiger partial charge < -0.3 is 0 Å². The van der Waals surface area contributed by atoms with E-state index < -0.39 is 23.5 Å². The number of hydrogen-bond acceptors (Lipinski definition) is 4. The SMILES string of the molecule is O=C1CCN(Cc2ccc(C(F)(F)F)cc2)CC1.O=C1CCN(Cc2ccc(C(F)(F)F)cc2)CC1. The van der Waals surface area contributed by atoms with Gasteiger partial charge in [-0.05, 0) is 35.4 Å². The first-order valence-corrected chi connectivity index (χ1v) is 11.7. The first-order valence-electron chi connectivity index (χ1n) is 11.7. The molecule has 2 aliphatic rings. The van der Waals surface area contributed by atoms with E-state index in [0.29, 0.717) is 65.0 Å². The normalized spacial score (nSPS) is 18.1. The summed E-state index contributed by atoms with van der Waals surface area (Å²) in [6.45, 7) is 3.98. The van der Waals surface area contributed by atoms with Crippen LogP contribution in [0.15, 0.2) is 48.5 Å². The number of nitrogens with zero attached hydrogens (tertiary/aromatic N) is 2. The topological polar surface area (TPSA) is 40.6 Å². The van der Waals surface area contributed by atoms with E-state index in [2.05, 4.69) is 9.80 Å². The molecule has 0 bridgehead atoms. The molecule has 0 aliphatic carbocycles. The summed E-state index contributed by atoms with van der Waals surface area (Å²) in [5, 5.41) is 0. The molecule has 10 heteroatoms. The van der Waals surface area contributed by atoms with Gasteiger partial charge in [0.25, 0.3) is 0 Å².